The molecule has 0 amide bonds. The molecule has 0 aliphatic heterocycles. The van der Waals surface area contributed by atoms with Gasteiger partial charge in [0.05, 0.1) is 0 Å². The molecule has 0 fully saturated rings. The van der Waals surface area contributed by atoms with Gasteiger partial charge in [0.2, 0.25) is 0 Å². The average Bonchev–Trinajstić information content (AvgIpc) is 2.66. The SMILES string of the molecule is C/C=C\C=C(/C)C1=C(CC)CC(C)(F)CC1.C=C(C)CCc1ccc(C)c(C)c1. The van der Waals surface area contributed by atoms with E-state index in [9.17, 15) is 4.39 Å². The van der Waals surface area contributed by atoms with E-state index >= 15 is 0 Å². The van der Waals surface area contributed by atoms with Crippen LogP contribution in [-0.2, 0) is 6.42 Å². The first-order valence-corrected chi connectivity index (χ1v) is 11.0. The molecule has 1 heteroatoms. The summed E-state index contributed by atoms with van der Waals surface area (Å²) < 4.78 is 13.9. The van der Waals surface area contributed by atoms with Crippen molar-refractivity contribution in [3.05, 3.63) is 82.0 Å². The Labute approximate surface area is 179 Å². The molecule has 1 unspecified atom stereocenters. The summed E-state index contributed by atoms with van der Waals surface area (Å²) in [6.07, 6.45) is 11.6. The highest BCUT2D eigenvalue weighted by molar-refractivity contribution is 5.38. The van der Waals surface area contributed by atoms with Gasteiger partial charge in [-0.15, -0.1) is 6.58 Å². The van der Waals surface area contributed by atoms with E-state index in [1.807, 2.05) is 13.0 Å². The number of alkyl halides is 1. The van der Waals surface area contributed by atoms with Crippen molar-refractivity contribution in [3.8, 4) is 0 Å². The van der Waals surface area contributed by atoms with E-state index in [2.05, 4.69) is 71.5 Å². The van der Waals surface area contributed by atoms with Crippen molar-refractivity contribution in [2.75, 3.05) is 0 Å². The fraction of sp³-hybridized carbons (Fsp3) is 0.500. The van der Waals surface area contributed by atoms with Gasteiger partial charge >= 0.3 is 0 Å². The number of benzene rings is 1. The topological polar surface area (TPSA) is 0 Å². The van der Waals surface area contributed by atoms with E-state index < -0.39 is 5.67 Å². The lowest BCUT2D eigenvalue weighted by Gasteiger charge is -2.30. The molecule has 1 atom stereocenters. The maximum absolute atomic E-state index is 13.9. The lowest BCUT2D eigenvalue weighted by Crippen LogP contribution is -2.23. The first kappa shape index (κ1) is 25.1. The molecule has 1 aliphatic carbocycles. The largest absolute Gasteiger partial charge is 0.244 e. The van der Waals surface area contributed by atoms with Crippen LogP contribution >= 0.6 is 0 Å². The highest BCUT2D eigenvalue weighted by Gasteiger charge is 2.30. The summed E-state index contributed by atoms with van der Waals surface area (Å²) in [5.74, 6) is 0. The summed E-state index contributed by atoms with van der Waals surface area (Å²) >= 11 is 0. The average molecular weight is 397 g/mol. The minimum atomic E-state index is -0.990. The number of allylic oxidation sites excluding steroid dienone is 7. The number of aryl methyl sites for hydroxylation is 3. The van der Waals surface area contributed by atoms with Crippen LogP contribution in [0.1, 0.15) is 83.4 Å². The Morgan fingerprint density at radius 3 is 2.45 bits per heavy atom. The molecular formula is C28H41F. The maximum atomic E-state index is 13.9. The minimum Gasteiger partial charge on any atom is -0.244 e. The molecule has 0 N–H and O–H groups in total. The fourth-order valence-electron chi connectivity index (χ4n) is 3.67. The quantitative estimate of drug-likeness (QED) is 0.332. The third kappa shape index (κ3) is 8.98. The van der Waals surface area contributed by atoms with Crippen LogP contribution < -0.4 is 0 Å². The monoisotopic (exact) mass is 396 g/mol. The van der Waals surface area contributed by atoms with Crippen molar-refractivity contribution in [2.24, 2.45) is 0 Å². The van der Waals surface area contributed by atoms with Crippen LogP contribution in [0, 0.1) is 13.8 Å². The van der Waals surface area contributed by atoms with E-state index in [0.29, 0.717) is 12.8 Å². The van der Waals surface area contributed by atoms with E-state index in [1.165, 1.54) is 39.0 Å². The smallest absolute Gasteiger partial charge is 0.112 e. The zero-order chi connectivity index (χ0) is 22.0. The van der Waals surface area contributed by atoms with E-state index in [1.54, 1.807) is 6.92 Å². The summed E-state index contributed by atoms with van der Waals surface area (Å²) in [6, 6.07) is 6.69. The molecule has 1 aromatic rings. The van der Waals surface area contributed by atoms with E-state index in [4.69, 9.17) is 0 Å². The predicted molar refractivity (Wildman–Crippen MR) is 128 cm³/mol. The molecule has 0 saturated heterocycles. The van der Waals surface area contributed by atoms with Crippen LogP contribution in [0.25, 0.3) is 0 Å². The molecule has 0 aromatic heterocycles. The number of hydrogen-bond acceptors (Lipinski definition) is 0. The predicted octanol–water partition coefficient (Wildman–Crippen LogP) is 8.94. The second-order valence-electron chi connectivity index (χ2n) is 8.78. The third-order valence-corrected chi connectivity index (χ3v) is 5.76. The molecule has 0 radical (unpaired) electrons. The summed E-state index contributed by atoms with van der Waals surface area (Å²) in [5, 5.41) is 0. The van der Waals surface area contributed by atoms with Crippen molar-refractivity contribution < 1.29 is 4.39 Å². The van der Waals surface area contributed by atoms with Crippen molar-refractivity contribution in [3.63, 3.8) is 0 Å². The lowest BCUT2D eigenvalue weighted by molar-refractivity contribution is 0.165. The lowest BCUT2D eigenvalue weighted by atomic mass is 9.79. The number of halogens is 1. The van der Waals surface area contributed by atoms with Crippen LogP contribution in [0.2, 0.25) is 0 Å². The molecule has 1 aromatic carbocycles. The van der Waals surface area contributed by atoms with Crippen LogP contribution in [0.4, 0.5) is 4.39 Å². The van der Waals surface area contributed by atoms with Gasteiger partial charge in [0.25, 0.3) is 0 Å². The van der Waals surface area contributed by atoms with Crippen molar-refractivity contribution >= 4 is 0 Å². The Hall–Kier alpha value is -1.89. The molecule has 160 valence electrons. The zero-order valence-corrected chi connectivity index (χ0v) is 19.8. The van der Waals surface area contributed by atoms with Crippen LogP contribution in [0.5, 0.6) is 0 Å². The van der Waals surface area contributed by atoms with Crippen LogP contribution in [0.15, 0.2) is 65.3 Å². The maximum Gasteiger partial charge on any atom is 0.112 e. The van der Waals surface area contributed by atoms with Crippen molar-refractivity contribution in [1.29, 1.82) is 0 Å². The Kier molecular flexibility index (Phi) is 10.4. The van der Waals surface area contributed by atoms with Gasteiger partial charge in [0.15, 0.2) is 0 Å². The van der Waals surface area contributed by atoms with E-state index in [0.717, 1.165) is 25.7 Å². The minimum absolute atomic E-state index is 0.611. The normalized spacial score (nSPS) is 19.9. The number of hydrogen-bond donors (Lipinski definition) is 0. The highest BCUT2D eigenvalue weighted by atomic mass is 19.1. The molecular weight excluding hydrogens is 355 g/mol. The first-order chi connectivity index (χ1) is 13.6. The second-order valence-corrected chi connectivity index (χ2v) is 8.78. The van der Waals surface area contributed by atoms with Gasteiger partial charge in [-0.1, -0.05) is 54.5 Å². The summed E-state index contributed by atoms with van der Waals surface area (Å²) in [5.41, 5.74) is 8.44. The van der Waals surface area contributed by atoms with Gasteiger partial charge in [-0.05, 0) is 101 Å². The van der Waals surface area contributed by atoms with Crippen LogP contribution in [-0.4, -0.2) is 5.67 Å². The molecule has 0 bridgehead atoms. The molecule has 0 nitrogen and oxygen atoms in total. The summed E-state index contributed by atoms with van der Waals surface area (Å²) in [6.45, 7) is 18.3. The first-order valence-electron chi connectivity index (χ1n) is 11.0. The fourth-order valence-corrected chi connectivity index (χ4v) is 3.67. The highest BCUT2D eigenvalue weighted by Crippen LogP contribution is 2.39. The summed E-state index contributed by atoms with van der Waals surface area (Å²) in [4.78, 5) is 0. The van der Waals surface area contributed by atoms with Crippen molar-refractivity contribution in [1.82, 2.24) is 0 Å². The molecule has 1 aliphatic rings. The molecule has 2 rings (SSSR count). The Morgan fingerprint density at radius 1 is 1.21 bits per heavy atom. The standard InChI is InChI=1S/C15H23F.C13H18/c1-5-7-8-12(3)14-9-10-15(4,16)11-13(14)6-2;1-10(2)5-7-13-8-6-11(3)12(4)9-13/h5,7-8H,6,9-11H2,1-4H3;6,8-9H,1,5,7H2,2-4H3/b7-5-,12-8+;. The van der Waals surface area contributed by atoms with Gasteiger partial charge in [-0.3, -0.25) is 0 Å². The van der Waals surface area contributed by atoms with Gasteiger partial charge in [-0.25, -0.2) is 4.39 Å². The molecule has 0 spiro atoms. The van der Waals surface area contributed by atoms with Crippen LogP contribution in [0.3, 0.4) is 0 Å². The van der Waals surface area contributed by atoms with Gasteiger partial charge in [0.1, 0.15) is 5.67 Å². The van der Waals surface area contributed by atoms with Gasteiger partial charge in [0, 0.05) is 6.42 Å². The summed E-state index contributed by atoms with van der Waals surface area (Å²) in [7, 11) is 0. The Balaban J connectivity index is 0.000000296. The molecule has 29 heavy (non-hydrogen) atoms. The Bertz CT molecular complexity index is 772. The second kappa shape index (κ2) is 12.0. The zero-order valence-electron chi connectivity index (χ0n) is 19.8. The molecule has 0 saturated carbocycles. The van der Waals surface area contributed by atoms with E-state index in [-0.39, 0.29) is 0 Å². The van der Waals surface area contributed by atoms with Gasteiger partial charge < -0.3 is 0 Å². The van der Waals surface area contributed by atoms with Gasteiger partial charge in [-0.2, -0.15) is 0 Å². The number of rotatable bonds is 6. The Morgan fingerprint density at radius 2 is 1.90 bits per heavy atom. The third-order valence-electron chi connectivity index (χ3n) is 5.76. The molecule has 0 heterocycles. The van der Waals surface area contributed by atoms with Crippen molar-refractivity contribution in [2.45, 2.75) is 92.7 Å².